The average molecular weight is 153 g/mol. The summed E-state index contributed by atoms with van der Waals surface area (Å²) in [5, 5.41) is 1.56. The fraction of sp³-hybridized carbons (Fsp3) is 0.286. The molecule has 0 atom stereocenters. The first-order valence-corrected chi connectivity index (χ1v) is 3.23. The van der Waals surface area contributed by atoms with Crippen LogP contribution in [0.1, 0.15) is 0 Å². The fourth-order valence-corrected chi connectivity index (χ4v) is 0.758. The van der Waals surface area contributed by atoms with Gasteiger partial charge in [0.25, 0.3) is 0 Å². The molecule has 0 aliphatic heterocycles. The summed E-state index contributed by atoms with van der Waals surface area (Å²) < 4.78 is 0. The monoisotopic (exact) mass is 153 g/mol. The Morgan fingerprint density at radius 1 is 1.64 bits per heavy atom. The molecule has 0 radical (unpaired) electrons. The molecule has 0 aliphatic carbocycles. The van der Waals surface area contributed by atoms with Crippen LogP contribution in [0.5, 0.6) is 0 Å². The third kappa shape index (κ3) is 1.59. The van der Waals surface area contributed by atoms with Gasteiger partial charge in [-0.1, -0.05) is 0 Å². The quantitative estimate of drug-likeness (QED) is 0.634. The SMILES string of the molecule is CON(C)c1cnccc1N. The number of pyridine rings is 1. The lowest BCUT2D eigenvalue weighted by Gasteiger charge is -2.16. The van der Waals surface area contributed by atoms with Gasteiger partial charge in [-0.05, 0) is 6.07 Å². The minimum Gasteiger partial charge on any atom is -0.397 e. The highest BCUT2D eigenvalue weighted by Crippen LogP contribution is 2.18. The number of nitrogen functional groups attached to an aromatic ring is 1. The zero-order valence-electron chi connectivity index (χ0n) is 6.61. The summed E-state index contributed by atoms with van der Waals surface area (Å²) in [7, 11) is 3.35. The third-order valence-corrected chi connectivity index (χ3v) is 1.45. The Morgan fingerprint density at radius 2 is 2.36 bits per heavy atom. The van der Waals surface area contributed by atoms with E-state index in [9.17, 15) is 0 Å². The number of nitrogens with zero attached hydrogens (tertiary/aromatic N) is 2. The Balaban J connectivity index is 2.93. The van der Waals surface area contributed by atoms with Gasteiger partial charge < -0.3 is 5.73 Å². The highest BCUT2D eigenvalue weighted by atomic mass is 16.7. The van der Waals surface area contributed by atoms with E-state index >= 15 is 0 Å². The van der Waals surface area contributed by atoms with Crippen LogP contribution in [-0.2, 0) is 4.84 Å². The van der Waals surface area contributed by atoms with Crippen molar-refractivity contribution in [1.29, 1.82) is 0 Å². The van der Waals surface area contributed by atoms with Gasteiger partial charge >= 0.3 is 0 Å². The zero-order chi connectivity index (χ0) is 8.27. The summed E-state index contributed by atoms with van der Waals surface area (Å²) in [6, 6.07) is 1.73. The number of nitrogens with two attached hydrogens (primary N) is 1. The molecule has 2 N–H and O–H groups in total. The minimum absolute atomic E-state index is 0.657. The Morgan fingerprint density at radius 3 is 2.91 bits per heavy atom. The Labute approximate surface area is 65.5 Å². The van der Waals surface area contributed by atoms with Crippen molar-refractivity contribution in [3.8, 4) is 0 Å². The first-order valence-electron chi connectivity index (χ1n) is 3.23. The van der Waals surface area contributed by atoms with Crippen molar-refractivity contribution >= 4 is 11.4 Å². The number of anilines is 2. The standard InChI is InChI=1S/C7H11N3O/c1-10(11-2)7-5-9-4-3-6(7)8/h3-5H,1-2H3,(H2,8,9). The van der Waals surface area contributed by atoms with Crippen LogP contribution in [0.25, 0.3) is 0 Å². The van der Waals surface area contributed by atoms with Crippen LogP contribution < -0.4 is 10.8 Å². The van der Waals surface area contributed by atoms with Crippen molar-refractivity contribution in [3.63, 3.8) is 0 Å². The average Bonchev–Trinajstić information content (AvgIpc) is 2.04. The molecule has 0 bridgehead atoms. The summed E-state index contributed by atoms with van der Waals surface area (Å²) in [5.74, 6) is 0. The zero-order valence-corrected chi connectivity index (χ0v) is 6.61. The van der Waals surface area contributed by atoms with E-state index in [4.69, 9.17) is 10.6 Å². The van der Waals surface area contributed by atoms with Gasteiger partial charge in [0, 0.05) is 13.2 Å². The summed E-state index contributed by atoms with van der Waals surface area (Å²) in [4.78, 5) is 8.84. The Hall–Kier alpha value is -1.29. The molecule has 1 heterocycles. The number of hydroxylamine groups is 1. The van der Waals surface area contributed by atoms with Crippen molar-refractivity contribution in [3.05, 3.63) is 18.5 Å². The molecule has 0 amide bonds. The third-order valence-electron chi connectivity index (χ3n) is 1.45. The first kappa shape index (κ1) is 7.81. The van der Waals surface area contributed by atoms with E-state index in [1.165, 1.54) is 0 Å². The summed E-state index contributed by atoms with van der Waals surface area (Å²) >= 11 is 0. The predicted molar refractivity (Wildman–Crippen MR) is 44.1 cm³/mol. The highest BCUT2D eigenvalue weighted by molar-refractivity contribution is 5.63. The van der Waals surface area contributed by atoms with Crippen LogP contribution in [0.4, 0.5) is 11.4 Å². The van der Waals surface area contributed by atoms with Gasteiger partial charge in [0.1, 0.15) is 5.69 Å². The van der Waals surface area contributed by atoms with E-state index in [2.05, 4.69) is 4.98 Å². The van der Waals surface area contributed by atoms with Gasteiger partial charge in [-0.3, -0.25) is 14.9 Å². The van der Waals surface area contributed by atoms with E-state index in [1.54, 1.807) is 37.7 Å². The molecule has 11 heavy (non-hydrogen) atoms. The molecule has 0 fully saturated rings. The van der Waals surface area contributed by atoms with Crippen molar-refractivity contribution in [2.45, 2.75) is 0 Å². The maximum absolute atomic E-state index is 5.64. The smallest absolute Gasteiger partial charge is 0.104 e. The van der Waals surface area contributed by atoms with E-state index in [-0.39, 0.29) is 0 Å². The van der Waals surface area contributed by atoms with Gasteiger partial charge in [-0.2, -0.15) is 0 Å². The van der Waals surface area contributed by atoms with Crippen molar-refractivity contribution in [2.24, 2.45) is 0 Å². The topological polar surface area (TPSA) is 51.4 Å². The van der Waals surface area contributed by atoms with Crippen LogP contribution in [0.3, 0.4) is 0 Å². The molecular weight excluding hydrogens is 142 g/mol. The highest BCUT2D eigenvalue weighted by Gasteiger charge is 2.01. The Bertz CT molecular complexity index is 239. The predicted octanol–water partition coefficient (Wildman–Crippen LogP) is 0.661. The van der Waals surface area contributed by atoms with Crippen molar-refractivity contribution in [1.82, 2.24) is 4.98 Å². The molecule has 0 unspecified atom stereocenters. The maximum Gasteiger partial charge on any atom is 0.104 e. The molecule has 0 spiro atoms. The number of rotatable bonds is 2. The molecule has 1 aromatic rings. The lowest BCUT2D eigenvalue weighted by molar-refractivity contribution is 0.185. The summed E-state index contributed by atoms with van der Waals surface area (Å²) in [5.41, 5.74) is 7.07. The largest absolute Gasteiger partial charge is 0.397 e. The van der Waals surface area contributed by atoms with Crippen molar-refractivity contribution in [2.75, 3.05) is 25.0 Å². The van der Waals surface area contributed by atoms with E-state index in [0.29, 0.717) is 5.69 Å². The first-order chi connectivity index (χ1) is 5.25. The molecule has 0 aromatic carbocycles. The van der Waals surface area contributed by atoms with Gasteiger partial charge in [-0.25, -0.2) is 0 Å². The lowest BCUT2D eigenvalue weighted by atomic mass is 10.3. The van der Waals surface area contributed by atoms with E-state index in [0.717, 1.165) is 5.69 Å². The lowest BCUT2D eigenvalue weighted by Crippen LogP contribution is -2.16. The Kier molecular flexibility index (Phi) is 2.28. The van der Waals surface area contributed by atoms with E-state index < -0.39 is 0 Å². The summed E-state index contributed by atoms with van der Waals surface area (Å²) in [6.45, 7) is 0. The fourth-order valence-electron chi connectivity index (χ4n) is 0.758. The molecule has 1 rings (SSSR count). The number of aromatic nitrogens is 1. The second-order valence-corrected chi connectivity index (χ2v) is 2.11. The van der Waals surface area contributed by atoms with E-state index in [1.807, 2.05) is 0 Å². The molecule has 0 saturated heterocycles. The molecule has 4 nitrogen and oxygen atoms in total. The molecule has 0 aliphatic rings. The van der Waals surface area contributed by atoms with Gasteiger partial charge in [0.15, 0.2) is 0 Å². The number of hydrogen-bond acceptors (Lipinski definition) is 4. The molecule has 60 valence electrons. The molecular formula is C7H11N3O. The van der Waals surface area contributed by atoms with Gasteiger partial charge in [0.05, 0.1) is 19.0 Å². The molecule has 0 saturated carbocycles. The molecule has 1 aromatic heterocycles. The minimum atomic E-state index is 0.657. The van der Waals surface area contributed by atoms with Crippen LogP contribution in [-0.4, -0.2) is 19.1 Å². The second-order valence-electron chi connectivity index (χ2n) is 2.11. The van der Waals surface area contributed by atoms with Crippen LogP contribution >= 0.6 is 0 Å². The normalized spacial score (nSPS) is 9.64. The van der Waals surface area contributed by atoms with Gasteiger partial charge in [-0.15, -0.1) is 0 Å². The summed E-state index contributed by atoms with van der Waals surface area (Å²) in [6.07, 6.45) is 3.29. The van der Waals surface area contributed by atoms with Crippen LogP contribution in [0.2, 0.25) is 0 Å². The van der Waals surface area contributed by atoms with Crippen LogP contribution in [0, 0.1) is 0 Å². The second kappa shape index (κ2) is 3.21. The van der Waals surface area contributed by atoms with Crippen molar-refractivity contribution < 1.29 is 4.84 Å². The van der Waals surface area contributed by atoms with Crippen LogP contribution in [0.15, 0.2) is 18.5 Å². The number of hydrogen-bond donors (Lipinski definition) is 1. The van der Waals surface area contributed by atoms with Gasteiger partial charge in [0.2, 0.25) is 0 Å². The molecule has 4 heteroatoms. The maximum atomic E-state index is 5.64.